The Labute approximate surface area is 160 Å². The van der Waals surface area contributed by atoms with Gasteiger partial charge in [0.1, 0.15) is 12.3 Å². The molecule has 0 aliphatic rings. The molecule has 6 N–H and O–H groups in total. The fourth-order valence-electron chi connectivity index (χ4n) is 2.43. The van der Waals surface area contributed by atoms with Crippen molar-refractivity contribution in [3.8, 4) is 0 Å². The number of methoxy groups -OCH3 is 1. The van der Waals surface area contributed by atoms with Crippen LogP contribution in [-0.4, -0.2) is 51.5 Å². The average Bonchev–Trinajstić information content (AvgIpc) is 2.90. The smallest absolute Gasteiger partial charge is 0.356 e. The van der Waals surface area contributed by atoms with E-state index in [4.69, 9.17) is 20.6 Å². The molecule has 11 nitrogen and oxygen atoms in total. The van der Waals surface area contributed by atoms with Gasteiger partial charge in [0.05, 0.1) is 18.5 Å². The maximum atomic E-state index is 12.3. The number of nitrogens with zero attached hydrogens (tertiary/aromatic N) is 2. The SMILES string of the molecule is COCCOC(=N)N=C(N)c1[nH]c(=O)n(Cc2cccc(P(=O)(O)O)c2)c1C. The van der Waals surface area contributed by atoms with Gasteiger partial charge in [0.15, 0.2) is 5.84 Å². The topological polar surface area (TPSA) is 176 Å². The van der Waals surface area contributed by atoms with E-state index < -0.39 is 19.3 Å². The Balaban J connectivity index is 2.26. The number of nitrogens with one attached hydrogen (secondary N) is 2. The van der Waals surface area contributed by atoms with Crippen molar-refractivity contribution >= 4 is 24.8 Å². The van der Waals surface area contributed by atoms with Crippen molar-refractivity contribution in [3.63, 3.8) is 0 Å². The number of benzene rings is 1. The molecule has 0 atom stereocenters. The van der Waals surface area contributed by atoms with Crippen LogP contribution in [0, 0.1) is 12.3 Å². The summed E-state index contributed by atoms with van der Waals surface area (Å²) in [4.78, 5) is 37.2. The van der Waals surface area contributed by atoms with E-state index in [0.29, 0.717) is 11.3 Å². The molecule has 1 aromatic heterocycles. The Hall–Kier alpha value is -2.72. The second kappa shape index (κ2) is 8.98. The van der Waals surface area contributed by atoms with Crippen LogP contribution in [0.15, 0.2) is 34.1 Å². The molecule has 0 saturated carbocycles. The van der Waals surface area contributed by atoms with Crippen LogP contribution in [0.5, 0.6) is 0 Å². The Bertz CT molecular complexity index is 990. The van der Waals surface area contributed by atoms with Crippen molar-refractivity contribution in [2.75, 3.05) is 20.3 Å². The molecule has 0 unspecified atom stereocenters. The van der Waals surface area contributed by atoms with E-state index in [1.54, 1.807) is 13.0 Å². The third-order valence-electron chi connectivity index (χ3n) is 3.84. The summed E-state index contributed by atoms with van der Waals surface area (Å²) >= 11 is 0. The zero-order valence-electron chi connectivity index (χ0n) is 15.4. The Kier molecular flexibility index (Phi) is 6.92. The number of amidine groups is 2. The zero-order valence-corrected chi connectivity index (χ0v) is 16.3. The summed E-state index contributed by atoms with van der Waals surface area (Å²) < 4.78 is 22.6. The predicted octanol–water partition coefficient (Wildman–Crippen LogP) is -0.361. The van der Waals surface area contributed by atoms with Crippen LogP contribution in [0.1, 0.15) is 17.0 Å². The van der Waals surface area contributed by atoms with Gasteiger partial charge in [0.25, 0.3) is 0 Å². The first kappa shape index (κ1) is 21.6. The highest BCUT2D eigenvalue weighted by molar-refractivity contribution is 7.60. The molecule has 0 fully saturated rings. The molecule has 152 valence electrons. The van der Waals surface area contributed by atoms with Gasteiger partial charge in [-0.25, -0.2) is 10.2 Å². The van der Waals surface area contributed by atoms with Crippen molar-refractivity contribution in [2.24, 2.45) is 10.7 Å². The van der Waals surface area contributed by atoms with Crippen molar-refractivity contribution < 1.29 is 23.8 Å². The first-order valence-corrected chi connectivity index (χ1v) is 9.74. The second-order valence-corrected chi connectivity index (χ2v) is 7.44. The summed E-state index contributed by atoms with van der Waals surface area (Å²) in [6.45, 7) is 2.14. The lowest BCUT2D eigenvalue weighted by Gasteiger charge is -2.09. The van der Waals surface area contributed by atoms with E-state index in [1.807, 2.05) is 0 Å². The molecular weight excluding hydrogens is 389 g/mol. The molecule has 0 saturated heterocycles. The van der Waals surface area contributed by atoms with Gasteiger partial charge in [0.2, 0.25) is 0 Å². The molecule has 0 bridgehead atoms. The molecule has 0 spiro atoms. The van der Waals surface area contributed by atoms with E-state index in [9.17, 15) is 19.1 Å². The zero-order chi connectivity index (χ0) is 20.9. The highest BCUT2D eigenvalue weighted by atomic mass is 31.2. The molecule has 2 rings (SSSR count). The molecule has 0 radical (unpaired) electrons. The van der Waals surface area contributed by atoms with Gasteiger partial charge in [-0.3, -0.25) is 9.13 Å². The molecule has 1 aromatic carbocycles. The minimum Gasteiger partial charge on any atom is -0.461 e. The lowest BCUT2D eigenvalue weighted by Crippen LogP contribution is -2.19. The van der Waals surface area contributed by atoms with Gasteiger partial charge in [-0.2, -0.15) is 4.99 Å². The first-order valence-electron chi connectivity index (χ1n) is 8.12. The number of aromatic nitrogens is 2. The summed E-state index contributed by atoms with van der Waals surface area (Å²) in [5, 5.41) is 7.49. The van der Waals surface area contributed by atoms with Gasteiger partial charge in [-0.1, -0.05) is 12.1 Å². The van der Waals surface area contributed by atoms with Crippen molar-refractivity contribution in [2.45, 2.75) is 13.5 Å². The van der Waals surface area contributed by atoms with Gasteiger partial charge in [-0.15, -0.1) is 0 Å². The number of nitrogens with two attached hydrogens (primary N) is 1. The maximum absolute atomic E-state index is 12.3. The van der Waals surface area contributed by atoms with Crippen molar-refractivity contribution in [3.05, 3.63) is 51.7 Å². The van der Waals surface area contributed by atoms with E-state index in [1.165, 1.54) is 29.9 Å². The highest BCUT2D eigenvalue weighted by Gasteiger charge is 2.18. The lowest BCUT2D eigenvalue weighted by atomic mass is 10.2. The van der Waals surface area contributed by atoms with Crippen molar-refractivity contribution in [1.29, 1.82) is 5.41 Å². The fourth-order valence-corrected chi connectivity index (χ4v) is 3.04. The maximum Gasteiger partial charge on any atom is 0.356 e. The van der Waals surface area contributed by atoms with Crippen LogP contribution in [0.4, 0.5) is 0 Å². The average molecular weight is 411 g/mol. The number of ether oxygens (including phenoxy) is 2. The number of hydrogen-bond acceptors (Lipinski definition) is 5. The van der Waals surface area contributed by atoms with Crippen LogP contribution in [0.2, 0.25) is 0 Å². The van der Waals surface area contributed by atoms with Crippen LogP contribution >= 0.6 is 7.60 Å². The number of aliphatic imine (C=N–C) groups is 1. The van der Waals surface area contributed by atoms with Crippen molar-refractivity contribution in [1.82, 2.24) is 9.55 Å². The molecule has 0 amide bonds. The molecule has 1 heterocycles. The Morgan fingerprint density at radius 1 is 1.39 bits per heavy atom. The van der Waals surface area contributed by atoms with Crippen LogP contribution < -0.4 is 16.7 Å². The minimum atomic E-state index is -4.39. The standard InChI is InChI=1S/C16H22N5O6P/c1-10-13(14(17)20-15(18)27-7-6-26-2)19-16(22)21(10)9-11-4-3-5-12(8-11)28(23,24)25/h3-5,8H,6-7,9H2,1-2H3,(H,19,22)(H3,17,18,20)(H2,23,24,25). The van der Waals surface area contributed by atoms with Crippen LogP contribution in [0.25, 0.3) is 0 Å². The summed E-state index contributed by atoms with van der Waals surface area (Å²) in [5.74, 6) is -0.0975. The van der Waals surface area contributed by atoms with E-state index >= 15 is 0 Å². The van der Waals surface area contributed by atoms with Gasteiger partial charge in [0, 0.05) is 12.8 Å². The normalized spacial score (nSPS) is 12.2. The third kappa shape index (κ3) is 5.40. The van der Waals surface area contributed by atoms with E-state index in [-0.39, 0.29) is 36.6 Å². The number of H-pyrrole nitrogens is 1. The Morgan fingerprint density at radius 2 is 2.11 bits per heavy atom. The van der Waals surface area contributed by atoms with Gasteiger partial charge < -0.3 is 30.0 Å². The number of rotatable bonds is 7. The highest BCUT2D eigenvalue weighted by Crippen LogP contribution is 2.33. The summed E-state index contributed by atoms with van der Waals surface area (Å²) in [7, 11) is -2.90. The fraction of sp³-hybridized carbons (Fsp3) is 0.312. The summed E-state index contributed by atoms with van der Waals surface area (Å²) in [6, 6.07) is 5.40. The molecule has 12 heteroatoms. The molecule has 0 aliphatic heterocycles. The Morgan fingerprint density at radius 3 is 2.75 bits per heavy atom. The van der Waals surface area contributed by atoms with E-state index in [0.717, 1.165) is 0 Å². The molecule has 28 heavy (non-hydrogen) atoms. The molecule has 2 aromatic rings. The van der Waals surface area contributed by atoms with Gasteiger partial charge >= 0.3 is 19.3 Å². The third-order valence-corrected chi connectivity index (χ3v) is 4.79. The second-order valence-electron chi connectivity index (χ2n) is 5.83. The summed E-state index contributed by atoms with van der Waals surface area (Å²) in [5.41, 5.74) is 6.62. The molecular formula is C16H22N5O6P. The van der Waals surface area contributed by atoms with E-state index in [2.05, 4.69) is 9.98 Å². The predicted molar refractivity (Wildman–Crippen MR) is 103 cm³/mol. The first-order chi connectivity index (χ1) is 13.1. The number of imidazole rings is 1. The van der Waals surface area contributed by atoms with Crippen LogP contribution in [-0.2, 0) is 20.6 Å². The van der Waals surface area contributed by atoms with Crippen LogP contribution in [0.3, 0.4) is 0 Å². The quantitative estimate of drug-likeness (QED) is 0.179. The molecule has 0 aliphatic carbocycles. The van der Waals surface area contributed by atoms with Gasteiger partial charge in [-0.05, 0) is 24.6 Å². The number of aromatic amines is 1. The minimum absolute atomic E-state index is 0.0735. The summed E-state index contributed by atoms with van der Waals surface area (Å²) in [6.07, 6.45) is 0. The lowest BCUT2D eigenvalue weighted by molar-refractivity contribution is 0.139. The monoisotopic (exact) mass is 411 g/mol. The largest absolute Gasteiger partial charge is 0.461 e. The number of hydrogen-bond donors (Lipinski definition) is 5.